The Balaban J connectivity index is 1.86. The quantitative estimate of drug-likeness (QED) is 0.779. The standard InChI is InChI=1S/C15H18ClN3O2S/c1-10(2)9-19-14(7-8-17-19)18-15(21)6-3-11(20)12-4-5-13(16)22-12/h4-5,7-8,10H,3,6,9H2,1-2H3,(H,18,21). The zero-order valence-electron chi connectivity index (χ0n) is 12.5. The Bertz CT molecular complexity index is 663. The Kier molecular flexibility index (Phi) is 5.74. The predicted octanol–water partition coefficient (Wildman–Crippen LogP) is 3.86. The van der Waals surface area contributed by atoms with Crippen molar-refractivity contribution in [1.82, 2.24) is 9.78 Å². The van der Waals surface area contributed by atoms with Crippen LogP contribution in [0.25, 0.3) is 0 Å². The largest absolute Gasteiger partial charge is 0.311 e. The van der Waals surface area contributed by atoms with Gasteiger partial charge in [-0.15, -0.1) is 11.3 Å². The molecule has 2 heterocycles. The van der Waals surface area contributed by atoms with Gasteiger partial charge in [-0.2, -0.15) is 5.10 Å². The van der Waals surface area contributed by atoms with E-state index in [1.54, 1.807) is 29.1 Å². The molecule has 0 aromatic carbocycles. The fraction of sp³-hybridized carbons (Fsp3) is 0.400. The minimum absolute atomic E-state index is 0.0669. The molecule has 0 saturated carbocycles. The molecule has 0 aliphatic carbocycles. The van der Waals surface area contributed by atoms with Gasteiger partial charge in [0.05, 0.1) is 15.4 Å². The zero-order valence-corrected chi connectivity index (χ0v) is 14.1. The van der Waals surface area contributed by atoms with Crippen molar-refractivity contribution >= 4 is 40.4 Å². The molecule has 0 aliphatic rings. The average Bonchev–Trinajstić information content (AvgIpc) is 3.05. The molecule has 0 aliphatic heterocycles. The van der Waals surface area contributed by atoms with Crippen LogP contribution in [-0.2, 0) is 11.3 Å². The summed E-state index contributed by atoms with van der Waals surface area (Å²) in [4.78, 5) is 24.5. The maximum absolute atomic E-state index is 12.0. The number of amides is 1. The van der Waals surface area contributed by atoms with Crippen molar-refractivity contribution in [3.8, 4) is 0 Å². The topological polar surface area (TPSA) is 64.0 Å². The predicted molar refractivity (Wildman–Crippen MR) is 88.6 cm³/mol. The molecular formula is C15H18ClN3O2S. The lowest BCUT2D eigenvalue weighted by molar-refractivity contribution is -0.116. The van der Waals surface area contributed by atoms with Gasteiger partial charge in [0.25, 0.3) is 0 Å². The highest BCUT2D eigenvalue weighted by atomic mass is 35.5. The van der Waals surface area contributed by atoms with Gasteiger partial charge in [0.2, 0.25) is 5.91 Å². The normalized spacial score (nSPS) is 10.9. The molecule has 0 bridgehead atoms. The maximum Gasteiger partial charge on any atom is 0.225 e. The second-order valence-corrected chi connectivity index (χ2v) is 7.08. The smallest absolute Gasteiger partial charge is 0.225 e. The molecule has 0 saturated heterocycles. The summed E-state index contributed by atoms with van der Waals surface area (Å²) >= 11 is 7.03. The molecule has 7 heteroatoms. The second kappa shape index (κ2) is 7.56. The summed E-state index contributed by atoms with van der Waals surface area (Å²) in [6, 6.07) is 5.12. The van der Waals surface area contributed by atoms with Crippen molar-refractivity contribution < 1.29 is 9.59 Å². The van der Waals surface area contributed by atoms with Crippen LogP contribution in [0, 0.1) is 5.92 Å². The van der Waals surface area contributed by atoms with Crippen LogP contribution >= 0.6 is 22.9 Å². The molecular weight excluding hydrogens is 322 g/mol. The van der Waals surface area contributed by atoms with Crippen LogP contribution in [0.4, 0.5) is 5.82 Å². The Morgan fingerprint density at radius 3 is 2.73 bits per heavy atom. The first-order valence-electron chi connectivity index (χ1n) is 7.06. The number of hydrogen-bond acceptors (Lipinski definition) is 4. The molecule has 0 radical (unpaired) electrons. The van der Waals surface area contributed by atoms with Gasteiger partial charge in [-0.25, -0.2) is 4.68 Å². The van der Waals surface area contributed by atoms with Crippen LogP contribution in [0.3, 0.4) is 0 Å². The first-order valence-corrected chi connectivity index (χ1v) is 8.25. The van der Waals surface area contributed by atoms with Gasteiger partial charge in [-0.05, 0) is 18.1 Å². The van der Waals surface area contributed by atoms with Crippen LogP contribution in [-0.4, -0.2) is 21.5 Å². The van der Waals surface area contributed by atoms with Crippen LogP contribution in [0.5, 0.6) is 0 Å². The number of carbonyl (C=O) groups is 2. The zero-order chi connectivity index (χ0) is 16.1. The molecule has 0 fully saturated rings. The van der Waals surface area contributed by atoms with E-state index in [9.17, 15) is 9.59 Å². The van der Waals surface area contributed by atoms with Crippen molar-refractivity contribution in [1.29, 1.82) is 0 Å². The number of nitrogens with one attached hydrogen (secondary N) is 1. The van der Waals surface area contributed by atoms with Gasteiger partial charge in [-0.3, -0.25) is 9.59 Å². The fourth-order valence-electron chi connectivity index (χ4n) is 1.95. The first-order chi connectivity index (χ1) is 10.5. The molecule has 2 aromatic rings. The summed E-state index contributed by atoms with van der Waals surface area (Å²) in [6.45, 7) is 4.89. The van der Waals surface area contributed by atoms with Gasteiger partial charge in [0, 0.05) is 25.5 Å². The number of carbonyl (C=O) groups excluding carboxylic acids is 2. The van der Waals surface area contributed by atoms with Gasteiger partial charge in [0.15, 0.2) is 5.78 Å². The highest BCUT2D eigenvalue weighted by Crippen LogP contribution is 2.23. The number of anilines is 1. The summed E-state index contributed by atoms with van der Waals surface area (Å²) < 4.78 is 2.33. The van der Waals surface area contributed by atoms with E-state index in [-0.39, 0.29) is 24.5 Å². The molecule has 0 spiro atoms. The molecule has 22 heavy (non-hydrogen) atoms. The highest BCUT2D eigenvalue weighted by molar-refractivity contribution is 7.18. The first kappa shape index (κ1) is 16.7. The van der Waals surface area contributed by atoms with E-state index in [0.717, 1.165) is 6.54 Å². The van der Waals surface area contributed by atoms with E-state index in [0.29, 0.717) is 20.9 Å². The van der Waals surface area contributed by atoms with Crippen molar-refractivity contribution in [2.24, 2.45) is 5.92 Å². The number of rotatable bonds is 7. The monoisotopic (exact) mass is 339 g/mol. The van der Waals surface area contributed by atoms with Crippen LogP contribution in [0.1, 0.15) is 36.4 Å². The minimum atomic E-state index is -0.193. The van der Waals surface area contributed by atoms with E-state index in [2.05, 4.69) is 24.3 Å². The number of nitrogens with zero attached hydrogens (tertiary/aromatic N) is 2. The number of thiophene rings is 1. The Morgan fingerprint density at radius 1 is 1.32 bits per heavy atom. The third-order valence-electron chi connectivity index (χ3n) is 2.95. The van der Waals surface area contributed by atoms with Gasteiger partial charge < -0.3 is 5.32 Å². The summed E-state index contributed by atoms with van der Waals surface area (Å²) in [5.74, 6) is 0.829. The lowest BCUT2D eigenvalue weighted by Gasteiger charge is -2.10. The van der Waals surface area contributed by atoms with Crippen molar-refractivity contribution in [3.63, 3.8) is 0 Å². The molecule has 118 valence electrons. The third kappa shape index (κ3) is 4.68. The summed E-state index contributed by atoms with van der Waals surface area (Å²) in [6.07, 6.45) is 1.96. The molecule has 2 aromatic heterocycles. The van der Waals surface area contributed by atoms with Gasteiger partial charge in [-0.1, -0.05) is 25.4 Å². The third-order valence-corrected chi connectivity index (χ3v) is 4.22. The van der Waals surface area contributed by atoms with Crippen LogP contribution < -0.4 is 5.32 Å². The van der Waals surface area contributed by atoms with E-state index in [1.807, 2.05) is 0 Å². The average molecular weight is 340 g/mol. The Morgan fingerprint density at radius 2 is 2.09 bits per heavy atom. The fourth-order valence-corrected chi connectivity index (χ4v) is 2.96. The van der Waals surface area contributed by atoms with Crippen molar-refractivity contribution in [3.05, 3.63) is 33.6 Å². The molecule has 1 N–H and O–H groups in total. The molecule has 2 rings (SSSR count). The van der Waals surface area contributed by atoms with Gasteiger partial charge in [0.1, 0.15) is 5.82 Å². The lowest BCUT2D eigenvalue weighted by atomic mass is 10.2. The van der Waals surface area contributed by atoms with E-state index in [1.165, 1.54) is 11.3 Å². The Labute approximate surface area is 138 Å². The lowest BCUT2D eigenvalue weighted by Crippen LogP contribution is -2.17. The number of ketones is 1. The maximum atomic E-state index is 12.0. The minimum Gasteiger partial charge on any atom is -0.311 e. The summed E-state index contributed by atoms with van der Waals surface area (Å²) in [5, 5.41) is 6.97. The van der Waals surface area contributed by atoms with E-state index in [4.69, 9.17) is 11.6 Å². The number of halogens is 1. The van der Waals surface area contributed by atoms with Crippen molar-refractivity contribution in [2.45, 2.75) is 33.2 Å². The summed E-state index contributed by atoms with van der Waals surface area (Å²) in [7, 11) is 0. The molecule has 0 unspecified atom stereocenters. The number of hydrogen-bond donors (Lipinski definition) is 1. The number of Topliss-reactive ketones (excluding diaryl/α,β-unsaturated/α-hetero) is 1. The summed E-state index contributed by atoms with van der Waals surface area (Å²) in [5.41, 5.74) is 0. The highest BCUT2D eigenvalue weighted by Gasteiger charge is 2.13. The molecule has 0 atom stereocenters. The molecule has 5 nitrogen and oxygen atoms in total. The number of aromatic nitrogens is 2. The van der Waals surface area contributed by atoms with E-state index < -0.39 is 0 Å². The van der Waals surface area contributed by atoms with Gasteiger partial charge >= 0.3 is 0 Å². The molecule has 1 amide bonds. The van der Waals surface area contributed by atoms with Crippen molar-refractivity contribution in [2.75, 3.05) is 5.32 Å². The SMILES string of the molecule is CC(C)Cn1nccc1NC(=O)CCC(=O)c1ccc(Cl)s1. The Hall–Kier alpha value is -1.66. The second-order valence-electron chi connectivity index (χ2n) is 5.37. The van der Waals surface area contributed by atoms with Crippen LogP contribution in [0.2, 0.25) is 4.34 Å². The van der Waals surface area contributed by atoms with E-state index >= 15 is 0 Å². The van der Waals surface area contributed by atoms with Crippen LogP contribution in [0.15, 0.2) is 24.4 Å².